The highest BCUT2D eigenvalue weighted by molar-refractivity contribution is 7.86. The van der Waals surface area contributed by atoms with Crippen LogP contribution in [0.25, 0.3) is 11.0 Å². The molecule has 1 aromatic carbocycles. The Morgan fingerprint density at radius 2 is 1.61 bits per heavy atom. The molecule has 1 aliphatic heterocycles. The molecule has 0 radical (unpaired) electrons. The fourth-order valence-corrected chi connectivity index (χ4v) is 5.29. The van der Waals surface area contributed by atoms with E-state index in [2.05, 4.69) is 11.0 Å². The van der Waals surface area contributed by atoms with Crippen LogP contribution in [0.3, 0.4) is 0 Å². The Balaban J connectivity index is 1.77. The first-order valence-electron chi connectivity index (χ1n) is 9.77. The highest BCUT2D eigenvalue weighted by Gasteiger charge is 2.30. The average Bonchev–Trinajstić information content (AvgIpc) is 2.64. The van der Waals surface area contributed by atoms with Crippen LogP contribution in [0.2, 0.25) is 0 Å². The summed E-state index contributed by atoms with van der Waals surface area (Å²) < 4.78 is 33.8. The average molecular weight is 408 g/mol. The van der Waals surface area contributed by atoms with Crippen molar-refractivity contribution in [3.05, 3.63) is 45.3 Å². The molecule has 2 heterocycles. The zero-order chi connectivity index (χ0) is 20.5. The van der Waals surface area contributed by atoms with Gasteiger partial charge in [0.2, 0.25) is 0 Å². The molecule has 1 aromatic heterocycles. The van der Waals surface area contributed by atoms with Crippen LogP contribution >= 0.6 is 0 Å². The highest BCUT2D eigenvalue weighted by atomic mass is 32.2. The van der Waals surface area contributed by atoms with Gasteiger partial charge >= 0.3 is 5.63 Å². The van der Waals surface area contributed by atoms with E-state index in [9.17, 15) is 13.2 Å². The second-order valence-electron chi connectivity index (χ2n) is 7.29. The Kier molecular flexibility index (Phi) is 6.24. The van der Waals surface area contributed by atoms with E-state index in [1.807, 2.05) is 33.8 Å². The summed E-state index contributed by atoms with van der Waals surface area (Å²) in [4.78, 5) is 14.2. The zero-order valence-electron chi connectivity index (χ0n) is 17.1. The van der Waals surface area contributed by atoms with Crippen molar-refractivity contribution in [2.75, 3.05) is 39.3 Å². The second-order valence-corrected chi connectivity index (χ2v) is 9.22. The lowest BCUT2D eigenvalue weighted by Crippen LogP contribution is -2.52. The van der Waals surface area contributed by atoms with Crippen LogP contribution in [-0.4, -0.2) is 61.2 Å². The van der Waals surface area contributed by atoms with Gasteiger partial charge in [-0.05, 0) is 42.7 Å². The predicted octanol–water partition coefficient (Wildman–Crippen LogP) is 2.11. The van der Waals surface area contributed by atoms with Crippen molar-refractivity contribution in [1.82, 2.24) is 13.5 Å². The number of rotatable bonds is 6. The van der Waals surface area contributed by atoms with E-state index in [0.717, 1.165) is 22.1 Å². The minimum atomic E-state index is -3.40. The number of fused-ring (bicyclic) bond motifs is 1. The van der Waals surface area contributed by atoms with E-state index < -0.39 is 10.2 Å². The summed E-state index contributed by atoms with van der Waals surface area (Å²) in [6, 6.07) is 5.52. The van der Waals surface area contributed by atoms with Gasteiger partial charge in [-0.3, -0.25) is 4.90 Å². The largest absolute Gasteiger partial charge is 0.423 e. The number of hydrogen-bond acceptors (Lipinski definition) is 5. The molecule has 2 aromatic rings. The molecular weight excluding hydrogens is 378 g/mol. The Morgan fingerprint density at radius 3 is 2.21 bits per heavy atom. The topological polar surface area (TPSA) is 74.1 Å². The van der Waals surface area contributed by atoms with Gasteiger partial charge in [-0.25, -0.2) is 4.79 Å². The number of aryl methyl sites for hydroxylation is 2. The number of benzene rings is 1. The Morgan fingerprint density at radius 1 is 1.00 bits per heavy atom. The van der Waals surface area contributed by atoms with Crippen molar-refractivity contribution in [3.63, 3.8) is 0 Å². The van der Waals surface area contributed by atoms with Gasteiger partial charge in [0.05, 0.1) is 0 Å². The van der Waals surface area contributed by atoms with E-state index in [-0.39, 0.29) is 5.63 Å². The van der Waals surface area contributed by atoms with Gasteiger partial charge in [-0.1, -0.05) is 13.8 Å². The van der Waals surface area contributed by atoms with E-state index in [4.69, 9.17) is 4.42 Å². The summed E-state index contributed by atoms with van der Waals surface area (Å²) in [6.07, 6.45) is 0. The molecule has 154 valence electrons. The van der Waals surface area contributed by atoms with Crippen molar-refractivity contribution in [2.45, 2.75) is 34.2 Å². The van der Waals surface area contributed by atoms with Gasteiger partial charge < -0.3 is 4.42 Å². The third kappa shape index (κ3) is 4.15. The van der Waals surface area contributed by atoms with Crippen LogP contribution in [-0.2, 0) is 16.8 Å². The van der Waals surface area contributed by atoms with Crippen LogP contribution in [0.4, 0.5) is 0 Å². The van der Waals surface area contributed by atoms with Gasteiger partial charge in [0.25, 0.3) is 10.2 Å². The molecule has 0 spiro atoms. The first kappa shape index (κ1) is 21.0. The van der Waals surface area contributed by atoms with Crippen molar-refractivity contribution in [3.8, 4) is 0 Å². The maximum absolute atomic E-state index is 12.7. The van der Waals surface area contributed by atoms with E-state index in [1.54, 1.807) is 10.4 Å². The number of piperazine rings is 1. The van der Waals surface area contributed by atoms with E-state index >= 15 is 0 Å². The Bertz CT molecular complexity index is 1000. The molecule has 28 heavy (non-hydrogen) atoms. The molecule has 1 fully saturated rings. The lowest BCUT2D eigenvalue weighted by atomic mass is 10.0. The molecule has 1 saturated heterocycles. The van der Waals surface area contributed by atoms with Gasteiger partial charge in [-0.15, -0.1) is 0 Å². The monoisotopic (exact) mass is 407 g/mol. The van der Waals surface area contributed by atoms with Crippen LogP contribution in [0.5, 0.6) is 0 Å². The van der Waals surface area contributed by atoms with Gasteiger partial charge in [0.1, 0.15) is 5.58 Å². The molecule has 0 N–H and O–H groups in total. The molecule has 8 heteroatoms. The summed E-state index contributed by atoms with van der Waals surface area (Å²) in [5, 5.41) is 0.945. The molecular formula is C20H29N3O4S. The molecule has 1 aliphatic rings. The summed E-state index contributed by atoms with van der Waals surface area (Å²) >= 11 is 0. The fourth-order valence-electron chi connectivity index (χ4n) is 3.69. The quantitative estimate of drug-likeness (QED) is 0.686. The highest BCUT2D eigenvalue weighted by Crippen LogP contribution is 2.23. The van der Waals surface area contributed by atoms with Crippen LogP contribution < -0.4 is 5.63 Å². The normalized spacial score (nSPS) is 16.9. The van der Waals surface area contributed by atoms with Gasteiger partial charge in [0.15, 0.2) is 0 Å². The van der Waals surface area contributed by atoms with Crippen LogP contribution in [0.15, 0.2) is 27.4 Å². The van der Waals surface area contributed by atoms with Gasteiger partial charge in [-0.2, -0.15) is 17.0 Å². The Hall–Kier alpha value is -1.74. The smallest absolute Gasteiger partial charge is 0.336 e. The second kappa shape index (κ2) is 8.32. The maximum atomic E-state index is 12.7. The molecule has 0 aliphatic carbocycles. The first-order valence-corrected chi connectivity index (χ1v) is 11.2. The van der Waals surface area contributed by atoms with Crippen LogP contribution in [0, 0.1) is 13.8 Å². The van der Waals surface area contributed by atoms with Crippen molar-refractivity contribution < 1.29 is 12.8 Å². The van der Waals surface area contributed by atoms with Crippen molar-refractivity contribution in [1.29, 1.82) is 0 Å². The summed E-state index contributed by atoms with van der Waals surface area (Å²) in [7, 11) is -3.40. The third-order valence-corrected chi connectivity index (χ3v) is 7.71. The molecule has 0 unspecified atom stereocenters. The molecule has 0 atom stereocenters. The van der Waals surface area contributed by atoms with Crippen molar-refractivity contribution in [2.24, 2.45) is 0 Å². The third-order valence-electron chi connectivity index (χ3n) is 5.53. The van der Waals surface area contributed by atoms with E-state index in [1.165, 1.54) is 4.31 Å². The number of nitrogens with zero attached hydrogens (tertiary/aromatic N) is 3. The van der Waals surface area contributed by atoms with Crippen LogP contribution in [0.1, 0.15) is 30.5 Å². The van der Waals surface area contributed by atoms with Gasteiger partial charge in [0, 0.05) is 57.3 Å². The predicted molar refractivity (Wildman–Crippen MR) is 111 cm³/mol. The zero-order valence-corrected chi connectivity index (χ0v) is 17.9. The number of hydrogen-bond donors (Lipinski definition) is 0. The molecule has 7 nitrogen and oxygen atoms in total. The molecule has 0 bridgehead atoms. The summed E-state index contributed by atoms with van der Waals surface area (Å²) in [5.74, 6) is 0. The minimum Gasteiger partial charge on any atom is -0.423 e. The lowest BCUT2D eigenvalue weighted by molar-refractivity contribution is 0.175. The molecule has 0 amide bonds. The molecule has 3 rings (SSSR count). The summed E-state index contributed by atoms with van der Waals surface area (Å²) in [5.41, 5.74) is 3.41. The maximum Gasteiger partial charge on any atom is 0.336 e. The SMILES string of the molecule is CCN(CC)S(=O)(=O)N1CCN(Cc2cc(=O)oc3cc(C)c(C)cc23)CC1. The van der Waals surface area contributed by atoms with E-state index in [0.29, 0.717) is 51.4 Å². The minimum absolute atomic E-state index is 0.353. The standard InChI is InChI=1S/C20H29N3O4S/c1-5-22(6-2)28(25,26)23-9-7-21(8-10-23)14-17-13-20(24)27-19-12-16(4)15(3)11-18(17)19/h11-13H,5-10,14H2,1-4H3. The van der Waals surface area contributed by atoms with Crippen molar-refractivity contribution >= 4 is 21.2 Å². The first-order chi connectivity index (χ1) is 13.3. The lowest BCUT2D eigenvalue weighted by Gasteiger charge is -2.36. The summed E-state index contributed by atoms with van der Waals surface area (Å²) in [6.45, 7) is 11.5. The Labute approximate surface area is 166 Å². The fraction of sp³-hybridized carbons (Fsp3) is 0.550. The molecule has 0 saturated carbocycles.